The average molecular weight is 533 g/mol. The molecule has 10 heteroatoms. The molecule has 0 radical (unpaired) electrons. The van der Waals surface area contributed by atoms with Gasteiger partial charge in [-0.05, 0) is 72.6 Å². The first kappa shape index (κ1) is 27.5. The second-order valence-corrected chi connectivity index (χ2v) is 11.3. The molecule has 0 aromatic heterocycles. The van der Waals surface area contributed by atoms with Crippen LogP contribution in [0.3, 0.4) is 0 Å². The molecule has 2 fully saturated rings. The summed E-state index contributed by atoms with van der Waals surface area (Å²) in [6, 6.07) is 10.3. The number of nitrogens with zero attached hydrogens (tertiary/aromatic N) is 1. The maximum absolute atomic E-state index is 12.8. The van der Waals surface area contributed by atoms with Gasteiger partial charge >= 0.3 is 12.1 Å². The number of carbonyl (C=O) groups excluding carboxylic acids is 3. The molecule has 1 heterocycles. The van der Waals surface area contributed by atoms with Crippen LogP contribution in [-0.4, -0.2) is 48.5 Å². The third kappa shape index (κ3) is 6.65. The molecule has 1 saturated heterocycles. The van der Waals surface area contributed by atoms with E-state index in [1.807, 2.05) is 4.90 Å². The molecule has 2 aromatic rings. The lowest BCUT2D eigenvalue weighted by Crippen LogP contribution is -2.39. The standard InChI is InChI=1S/C28H31F3N2O5/c1-26(2)12-21-13-27(3,16-26)17-33(21)24(35)15-38-25(36)18-7-9-22(10-8-18)37-14-23(34)32-20-6-4-5-19(11-20)28(29,30)31/h4-11,21H,12-17H2,1-3H3,(H,32,34). The van der Waals surface area contributed by atoms with Crippen LogP contribution >= 0.6 is 0 Å². The van der Waals surface area contributed by atoms with Crippen LogP contribution in [0.1, 0.15) is 56.0 Å². The Kier molecular flexibility index (Phi) is 7.45. The molecule has 1 N–H and O–H groups in total. The van der Waals surface area contributed by atoms with E-state index in [1.54, 1.807) is 0 Å². The molecule has 204 valence electrons. The minimum absolute atomic E-state index is 0.00346. The van der Waals surface area contributed by atoms with E-state index in [0.29, 0.717) is 6.54 Å². The minimum atomic E-state index is -4.52. The molecule has 2 unspecified atom stereocenters. The number of fused-ring (bicyclic) bond motifs is 2. The number of amides is 2. The number of hydrogen-bond donors (Lipinski definition) is 1. The van der Waals surface area contributed by atoms with E-state index < -0.39 is 30.2 Å². The molecule has 1 aliphatic carbocycles. The van der Waals surface area contributed by atoms with Crippen LogP contribution in [0.2, 0.25) is 0 Å². The fourth-order valence-electron chi connectivity index (χ4n) is 5.85. The van der Waals surface area contributed by atoms with Crippen LogP contribution in [-0.2, 0) is 20.5 Å². The third-order valence-electron chi connectivity index (χ3n) is 7.00. The van der Waals surface area contributed by atoms with E-state index in [-0.39, 0.29) is 46.4 Å². The molecule has 2 aliphatic rings. The summed E-state index contributed by atoms with van der Waals surface area (Å²) in [6.45, 7) is 6.55. The van der Waals surface area contributed by atoms with Gasteiger partial charge in [0.15, 0.2) is 13.2 Å². The lowest BCUT2D eigenvalue weighted by molar-refractivity contribution is -0.137. The van der Waals surface area contributed by atoms with Crippen molar-refractivity contribution in [2.75, 3.05) is 25.1 Å². The minimum Gasteiger partial charge on any atom is -0.484 e. The fourth-order valence-corrected chi connectivity index (χ4v) is 5.85. The predicted molar refractivity (Wildman–Crippen MR) is 134 cm³/mol. The first-order chi connectivity index (χ1) is 17.7. The molecule has 38 heavy (non-hydrogen) atoms. The summed E-state index contributed by atoms with van der Waals surface area (Å²) < 4.78 is 49.1. The van der Waals surface area contributed by atoms with Crippen molar-refractivity contribution in [3.63, 3.8) is 0 Å². The molecule has 0 spiro atoms. The number of halogens is 3. The summed E-state index contributed by atoms with van der Waals surface area (Å²) in [4.78, 5) is 39.2. The first-order valence-electron chi connectivity index (χ1n) is 12.4. The Hall–Kier alpha value is -3.56. The van der Waals surface area contributed by atoms with Gasteiger partial charge in [0.25, 0.3) is 11.8 Å². The second kappa shape index (κ2) is 10.3. The topological polar surface area (TPSA) is 84.9 Å². The highest BCUT2D eigenvalue weighted by Gasteiger charge is 2.51. The van der Waals surface area contributed by atoms with Gasteiger partial charge in [-0.1, -0.05) is 26.8 Å². The summed E-state index contributed by atoms with van der Waals surface area (Å²) in [5, 5.41) is 2.35. The van der Waals surface area contributed by atoms with Gasteiger partial charge in [0.1, 0.15) is 5.75 Å². The van der Waals surface area contributed by atoms with Crippen LogP contribution in [0.25, 0.3) is 0 Å². The van der Waals surface area contributed by atoms with Gasteiger partial charge in [0, 0.05) is 18.3 Å². The second-order valence-electron chi connectivity index (χ2n) is 11.3. The van der Waals surface area contributed by atoms with Gasteiger partial charge in [0.2, 0.25) is 0 Å². The zero-order chi connectivity index (χ0) is 27.7. The third-order valence-corrected chi connectivity index (χ3v) is 7.00. The number of ether oxygens (including phenoxy) is 2. The van der Waals surface area contributed by atoms with Gasteiger partial charge in [-0.3, -0.25) is 9.59 Å². The number of anilines is 1. The van der Waals surface area contributed by atoms with Crippen molar-refractivity contribution < 1.29 is 37.0 Å². The van der Waals surface area contributed by atoms with E-state index in [1.165, 1.54) is 36.4 Å². The van der Waals surface area contributed by atoms with Crippen molar-refractivity contribution in [2.24, 2.45) is 10.8 Å². The predicted octanol–water partition coefficient (Wildman–Crippen LogP) is 5.31. The van der Waals surface area contributed by atoms with E-state index in [4.69, 9.17) is 9.47 Å². The Balaban J connectivity index is 1.24. The normalized spacial score (nSPS) is 22.1. The summed E-state index contributed by atoms with van der Waals surface area (Å²) in [6.07, 6.45) is -1.56. The quantitative estimate of drug-likeness (QED) is 0.489. The molecule has 1 saturated carbocycles. The van der Waals surface area contributed by atoms with Gasteiger partial charge in [-0.25, -0.2) is 4.79 Å². The fraction of sp³-hybridized carbons (Fsp3) is 0.464. The number of hydrogen-bond acceptors (Lipinski definition) is 5. The van der Waals surface area contributed by atoms with Crippen molar-refractivity contribution in [2.45, 2.75) is 52.3 Å². The Labute approximate surface area is 219 Å². The average Bonchev–Trinajstić information content (AvgIpc) is 3.09. The number of likely N-dealkylation sites (tertiary alicyclic amines) is 1. The Morgan fingerprint density at radius 2 is 1.74 bits per heavy atom. The van der Waals surface area contributed by atoms with Crippen molar-refractivity contribution in [1.82, 2.24) is 4.90 Å². The Morgan fingerprint density at radius 3 is 2.42 bits per heavy atom. The van der Waals surface area contributed by atoms with Gasteiger partial charge < -0.3 is 19.7 Å². The lowest BCUT2D eigenvalue weighted by Gasteiger charge is -2.39. The highest BCUT2D eigenvalue weighted by atomic mass is 19.4. The van der Waals surface area contributed by atoms with Crippen molar-refractivity contribution >= 4 is 23.5 Å². The monoisotopic (exact) mass is 532 g/mol. The van der Waals surface area contributed by atoms with E-state index in [0.717, 1.165) is 31.4 Å². The number of alkyl halides is 3. The highest BCUT2D eigenvalue weighted by Crippen LogP contribution is 2.52. The molecule has 2 atom stereocenters. The van der Waals surface area contributed by atoms with Crippen molar-refractivity contribution in [1.29, 1.82) is 0 Å². The van der Waals surface area contributed by atoms with Crippen LogP contribution < -0.4 is 10.1 Å². The molecule has 2 aromatic carbocycles. The highest BCUT2D eigenvalue weighted by molar-refractivity contribution is 5.92. The molecule has 1 aliphatic heterocycles. The van der Waals surface area contributed by atoms with Crippen LogP contribution in [0.4, 0.5) is 18.9 Å². The van der Waals surface area contributed by atoms with E-state index >= 15 is 0 Å². The van der Waals surface area contributed by atoms with Crippen molar-refractivity contribution in [3.05, 3.63) is 59.7 Å². The summed E-state index contributed by atoms with van der Waals surface area (Å²) in [5.41, 5.74) is -0.400. The zero-order valence-electron chi connectivity index (χ0n) is 21.6. The number of nitrogens with one attached hydrogen (secondary N) is 1. The largest absolute Gasteiger partial charge is 0.484 e. The Morgan fingerprint density at radius 1 is 1.03 bits per heavy atom. The number of benzene rings is 2. The van der Waals surface area contributed by atoms with Crippen LogP contribution in [0.15, 0.2) is 48.5 Å². The zero-order valence-corrected chi connectivity index (χ0v) is 21.6. The van der Waals surface area contributed by atoms with Crippen molar-refractivity contribution in [3.8, 4) is 5.75 Å². The van der Waals surface area contributed by atoms with Crippen LogP contribution in [0, 0.1) is 10.8 Å². The summed E-state index contributed by atoms with van der Waals surface area (Å²) in [7, 11) is 0. The smallest absolute Gasteiger partial charge is 0.416 e. The maximum Gasteiger partial charge on any atom is 0.416 e. The molecule has 2 amide bonds. The molecule has 2 bridgehead atoms. The summed E-state index contributed by atoms with van der Waals surface area (Å²) in [5.74, 6) is -1.22. The van der Waals surface area contributed by atoms with E-state index in [2.05, 4.69) is 26.1 Å². The molecular formula is C28H31F3N2O5. The molecule has 7 nitrogen and oxygen atoms in total. The summed E-state index contributed by atoms with van der Waals surface area (Å²) >= 11 is 0. The first-order valence-corrected chi connectivity index (χ1v) is 12.4. The van der Waals surface area contributed by atoms with Gasteiger partial charge in [0.05, 0.1) is 11.1 Å². The maximum atomic E-state index is 12.8. The number of rotatable bonds is 7. The molecule has 4 rings (SSSR count). The lowest BCUT2D eigenvalue weighted by atomic mass is 9.65. The van der Waals surface area contributed by atoms with Gasteiger partial charge in [-0.2, -0.15) is 13.2 Å². The number of esters is 1. The van der Waals surface area contributed by atoms with Crippen LogP contribution in [0.5, 0.6) is 5.75 Å². The SMILES string of the molecule is CC1(C)CC2CC(C)(CN2C(=O)COC(=O)c2ccc(OCC(=O)Nc3cccc(C(F)(F)F)c3)cc2)C1. The van der Waals surface area contributed by atoms with Gasteiger partial charge in [-0.15, -0.1) is 0 Å². The van der Waals surface area contributed by atoms with E-state index in [9.17, 15) is 27.6 Å². The Bertz CT molecular complexity index is 1210. The number of carbonyl (C=O) groups is 3. The molecular weight excluding hydrogens is 501 g/mol.